The predicted octanol–water partition coefficient (Wildman–Crippen LogP) is 6.14. The van der Waals surface area contributed by atoms with Crippen LogP contribution in [0.3, 0.4) is 0 Å². The number of imidazole rings is 1. The fourth-order valence-corrected chi connectivity index (χ4v) is 7.87. The van der Waals surface area contributed by atoms with Crippen molar-refractivity contribution in [3.8, 4) is 0 Å². The molecule has 1 saturated heterocycles. The summed E-state index contributed by atoms with van der Waals surface area (Å²) < 4.78 is 58.7. The van der Waals surface area contributed by atoms with Crippen LogP contribution in [0.15, 0.2) is 46.5 Å². The largest absolute Gasteiger partial charge is 0.316 e. The first-order valence-electron chi connectivity index (χ1n) is 11.9. The third-order valence-corrected chi connectivity index (χ3v) is 9.82. The number of piperidine rings is 1. The molecule has 1 atom stereocenters. The molecule has 3 aromatic rings. The van der Waals surface area contributed by atoms with Crippen molar-refractivity contribution in [1.82, 2.24) is 13.9 Å². The maximum absolute atomic E-state index is 14.2. The molecule has 9 heteroatoms. The summed E-state index contributed by atoms with van der Waals surface area (Å²) in [5.74, 6) is -0.679. The van der Waals surface area contributed by atoms with Crippen LogP contribution in [-0.4, -0.2) is 35.4 Å². The molecule has 2 heterocycles. The Morgan fingerprint density at radius 3 is 2.50 bits per heavy atom. The lowest BCUT2D eigenvalue weighted by molar-refractivity contribution is 0.281. The minimum atomic E-state index is -3.60. The minimum absolute atomic E-state index is 0.0278. The van der Waals surface area contributed by atoms with Crippen LogP contribution in [-0.2, 0) is 15.8 Å². The van der Waals surface area contributed by atoms with Gasteiger partial charge in [0.1, 0.15) is 11.6 Å². The average Bonchev–Trinajstić information content (AvgIpc) is 3.45. The maximum Gasteiger partial charge on any atom is 0.243 e. The van der Waals surface area contributed by atoms with Crippen molar-refractivity contribution in [2.24, 2.45) is 5.92 Å². The number of hydrogen-bond donors (Lipinski definition) is 0. The van der Waals surface area contributed by atoms with Gasteiger partial charge in [0.25, 0.3) is 0 Å². The van der Waals surface area contributed by atoms with Gasteiger partial charge >= 0.3 is 0 Å². The van der Waals surface area contributed by atoms with Gasteiger partial charge < -0.3 is 4.57 Å². The van der Waals surface area contributed by atoms with Crippen molar-refractivity contribution in [1.29, 1.82) is 0 Å². The van der Waals surface area contributed by atoms with E-state index in [0.29, 0.717) is 29.7 Å². The van der Waals surface area contributed by atoms with Crippen LogP contribution in [0.1, 0.15) is 57.1 Å². The number of sulfonamides is 1. The van der Waals surface area contributed by atoms with Crippen LogP contribution >= 0.6 is 11.8 Å². The Morgan fingerprint density at radius 2 is 1.79 bits per heavy atom. The standard InChI is InChI=1S/C25H29F2N3O2S2/c1-17-6-5-13-29(15-17)34(31,32)19-11-12-24-23(14-19)28-25(30(24)18-7-2-3-8-18)33-16-20-21(26)9-4-10-22(20)27/h4,9-12,14,17-18H,2-3,5-8,13,15-16H2,1H3/t17-/m0/s1. The first-order chi connectivity index (χ1) is 16.3. The summed E-state index contributed by atoms with van der Waals surface area (Å²) >= 11 is 1.29. The molecule has 5 nitrogen and oxygen atoms in total. The van der Waals surface area contributed by atoms with Gasteiger partial charge in [0.15, 0.2) is 5.16 Å². The smallest absolute Gasteiger partial charge is 0.243 e. The third kappa shape index (κ3) is 4.50. The molecule has 1 aliphatic carbocycles. The molecule has 0 unspecified atom stereocenters. The number of thioether (sulfide) groups is 1. The van der Waals surface area contributed by atoms with Crippen LogP contribution in [0.25, 0.3) is 11.0 Å². The second-order valence-electron chi connectivity index (χ2n) is 9.45. The first kappa shape index (κ1) is 23.8. The van der Waals surface area contributed by atoms with E-state index >= 15 is 0 Å². The van der Waals surface area contributed by atoms with E-state index in [-0.39, 0.29) is 22.3 Å². The molecule has 2 fully saturated rings. The number of benzene rings is 2. The lowest BCUT2D eigenvalue weighted by atomic mass is 10.0. The number of rotatable bonds is 6. The maximum atomic E-state index is 14.2. The van der Waals surface area contributed by atoms with Crippen LogP contribution in [0.5, 0.6) is 0 Å². The summed E-state index contributed by atoms with van der Waals surface area (Å²) in [6, 6.07) is 9.31. The summed E-state index contributed by atoms with van der Waals surface area (Å²) in [6.45, 7) is 3.15. The van der Waals surface area contributed by atoms with E-state index in [0.717, 1.165) is 44.0 Å². The Labute approximate surface area is 203 Å². The van der Waals surface area contributed by atoms with E-state index in [9.17, 15) is 17.2 Å². The SMILES string of the molecule is C[C@H]1CCCN(S(=O)(=O)c2ccc3c(c2)nc(SCc2c(F)cccc2F)n3C2CCCC2)C1. The Kier molecular flexibility index (Phi) is 6.70. The molecule has 1 aromatic heterocycles. The zero-order chi connectivity index (χ0) is 23.9. The Morgan fingerprint density at radius 1 is 1.06 bits per heavy atom. The van der Waals surface area contributed by atoms with Crippen molar-refractivity contribution < 1.29 is 17.2 Å². The molecule has 5 rings (SSSR count). The van der Waals surface area contributed by atoms with Gasteiger partial charge in [-0.3, -0.25) is 0 Å². The molecular weight excluding hydrogens is 476 g/mol. The number of nitrogens with zero attached hydrogens (tertiary/aromatic N) is 3. The number of aromatic nitrogens is 2. The molecule has 182 valence electrons. The molecule has 1 aliphatic heterocycles. The highest BCUT2D eigenvalue weighted by Crippen LogP contribution is 2.38. The summed E-state index contributed by atoms with van der Waals surface area (Å²) in [5.41, 5.74) is 1.50. The van der Waals surface area contributed by atoms with Gasteiger partial charge in [-0.2, -0.15) is 4.31 Å². The number of hydrogen-bond acceptors (Lipinski definition) is 4. The summed E-state index contributed by atoms with van der Waals surface area (Å²) in [4.78, 5) is 5.02. The molecular formula is C25H29F2N3O2S2. The highest BCUT2D eigenvalue weighted by molar-refractivity contribution is 7.98. The lowest BCUT2D eigenvalue weighted by Crippen LogP contribution is -2.39. The molecule has 2 aromatic carbocycles. The van der Waals surface area contributed by atoms with E-state index < -0.39 is 21.7 Å². The lowest BCUT2D eigenvalue weighted by Gasteiger charge is -2.30. The van der Waals surface area contributed by atoms with E-state index in [1.807, 2.05) is 6.07 Å². The fourth-order valence-electron chi connectivity index (χ4n) is 5.15. The molecule has 0 radical (unpaired) electrons. The molecule has 0 bridgehead atoms. The Bertz CT molecular complexity index is 1280. The van der Waals surface area contributed by atoms with Crippen LogP contribution in [0, 0.1) is 17.6 Å². The van der Waals surface area contributed by atoms with E-state index in [1.54, 1.807) is 16.4 Å². The van der Waals surface area contributed by atoms with Crippen LogP contribution < -0.4 is 0 Å². The van der Waals surface area contributed by atoms with Gasteiger partial charge in [0.05, 0.1) is 15.9 Å². The van der Waals surface area contributed by atoms with Crippen molar-refractivity contribution >= 4 is 32.8 Å². The van der Waals surface area contributed by atoms with Crippen molar-refractivity contribution in [3.63, 3.8) is 0 Å². The van der Waals surface area contributed by atoms with Crippen molar-refractivity contribution in [2.45, 2.75) is 67.3 Å². The van der Waals surface area contributed by atoms with Crippen LogP contribution in [0.2, 0.25) is 0 Å². The fraction of sp³-hybridized carbons (Fsp3) is 0.480. The molecule has 0 amide bonds. The predicted molar refractivity (Wildman–Crippen MR) is 130 cm³/mol. The quantitative estimate of drug-likeness (QED) is 0.378. The highest BCUT2D eigenvalue weighted by atomic mass is 32.2. The zero-order valence-electron chi connectivity index (χ0n) is 19.2. The van der Waals surface area contributed by atoms with Gasteiger partial charge in [0.2, 0.25) is 10.0 Å². The van der Waals surface area contributed by atoms with Crippen molar-refractivity contribution in [2.75, 3.05) is 13.1 Å². The summed E-state index contributed by atoms with van der Waals surface area (Å²) in [6.07, 6.45) is 6.18. The molecule has 2 aliphatic rings. The molecule has 1 saturated carbocycles. The van der Waals surface area contributed by atoms with E-state index in [4.69, 9.17) is 4.98 Å². The minimum Gasteiger partial charge on any atom is -0.316 e. The van der Waals surface area contributed by atoms with Gasteiger partial charge in [-0.25, -0.2) is 22.2 Å². The molecule has 0 N–H and O–H groups in total. The zero-order valence-corrected chi connectivity index (χ0v) is 20.8. The van der Waals surface area contributed by atoms with E-state index in [1.165, 1.54) is 30.0 Å². The Hall–Kier alpha value is -1.97. The second kappa shape index (κ2) is 9.59. The molecule has 34 heavy (non-hydrogen) atoms. The average molecular weight is 506 g/mol. The van der Waals surface area contributed by atoms with E-state index in [2.05, 4.69) is 11.5 Å². The van der Waals surface area contributed by atoms with Gasteiger partial charge in [-0.15, -0.1) is 0 Å². The summed E-state index contributed by atoms with van der Waals surface area (Å²) in [7, 11) is -3.60. The van der Waals surface area contributed by atoms with Crippen LogP contribution in [0.4, 0.5) is 8.78 Å². The topological polar surface area (TPSA) is 55.2 Å². The van der Waals surface area contributed by atoms with Crippen molar-refractivity contribution in [3.05, 3.63) is 53.6 Å². The highest BCUT2D eigenvalue weighted by Gasteiger charge is 2.30. The molecule has 0 spiro atoms. The Balaban J connectivity index is 1.51. The third-order valence-electron chi connectivity index (χ3n) is 6.98. The number of halogens is 2. The first-order valence-corrected chi connectivity index (χ1v) is 14.3. The monoisotopic (exact) mass is 505 g/mol. The van der Waals surface area contributed by atoms with Gasteiger partial charge in [-0.1, -0.05) is 37.6 Å². The number of fused-ring (bicyclic) bond motifs is 1. The second-order valence-corrected chi connectivity index (χ2v) is 12.3. The van der Waals surface area contributed by atoms with Gasteiger partial charge in [-0.05, 0) is 61.9 Å². The normalized spacial score (nSPS) is 20.4. The summed E-state index contributed by atoms with van der Waals surface area (Å²) in [5, 5.41) is 0.672. The van der Waals surface area contributed by atoms with Gasteiger partial charge in [0, 0.05) is 30.4 Å².